The molecule has 3 rings (SSSR count). The number of aromatic nitrogens is 8. The van der Waals surface area contributed by atoms with E-state index in [0.29, 0.717) is 12.5 Å². The summed E-state index contributed by atoms with van der Waals surface area (Å²) >= 11 is 0. The van der Waals surface area contributed by atoms with Gasteiger partial charge in [-0.15, -0.1) is 20.4 Å². The average Bonchev–Trinajstić information content (AvgIpc) is 3.82. The van der Waals surface area contributed by atoms with Crippen molar-refractivity contribution in [3.63, 3.8) is 0 Å². The topological polar surface area (TPSA) is 308 Å². The first-order valence-electron chi connectivity index (χ1n) is 20.9. The standard InChI is InChI=1S/C8H14N4O.C7H12N4O2.C6H11N3.C5H13BO.C5H13O2P.C5H12O2S.C5H10O2/c1-6(13)5-12-7(8(2,3)4)9-10-11-12;1-7(2,3)6-8-10-11(9-6)4-5(12)13;1-6(2,3)5-7-4-8-9-5;1-5(2,3)6(4)7;2*1-5(2,3)8(4,6)7;1-5(2,3)4(6)7/h5H2,1-4H3;4H2,1-3H3,(H,12,13);4H2,1-3H3;7H,1-4H3;1-4H3,(H,6,7);1-4H3;1-3H3,(H,6,7). The summed E-state index contributed by atoms with van der Waals surface area (Å²) in [6.45, 7) is 44.5. The number of carbonyl (C=O) groups excluding carboxylic acids is 1. The lowest BCUT2D eigenvalue weighted by atomic mass is 9.50. The Morgan fingerprint density at radius 1 is 0.754 bits per heavy atom. The number of tetrazole rings is 2. The summed E-state index contributed by atoms with van der Waals surface area (Å²) in [5.41, 5.74) is -0.838. The van der Waals surface area contributed by atoms with Crippen LogP contribution >= 0.6 is 7.37 Å². The van der Waals surface area contributed by atoms with Crippen molar-refractivity contribution in [2.45, 2.75) is 198 Å². The number of rotatable bonds is 4. The number of sulfone groups is 1. The normalized spacial score (nSPS) is 13.9. The largest absolute Gasteiger partial charge is 0.481 e. The molecule has 0 fully saturated rings. The van der Waals surface area contributed by atoms with Crippen LogP contribution < -0.4 is 0 Å². The van der Waals surface area contributed by atoms with Crippen LogP contribution in [0.15, 0.2) is 15.2 Å². The van der Waals surface area contributed by atoms with Gasteiger partial charge in [-0.2, -0.15) is 9.91 Å². The van der Waals surface area contributed by atoms with Gasteiger partial charge in [0.05, 0.1) is 10.2 Å². The molecular formula is C41H85BN11O10PS. The summed E-state index contributed by atoms with van der Waals surface area (Å²) in [5.74, 6) is 0.474. The highest BCUT2D eigenvalue weighted by molar-refractivity contribution is 7.92. The van der Waals surface area contributed by atoms with E-state index in [9.17, 15) is 27.4 Å². The quantitative estimate of drug-likeness (QED) is 0.170. The Morgan fingerprint density at radius 2 is 1.15 bits per heavy atom. The van der Waals surface area contributed by atoms with Crippen LogP contribution in [0.5, 0.6) is 0 Å². The zero-order valence-electron chi connectivity index (χ0n) is 44.2. The maximum absolute atomic E-state index is 10.9. The molecule has 0 saturated heterocycles. The molecule has 378 valence electrons. The van der Waals surface area contributed by atoms with E-state index < -0.39 is 44.5 Å². The van der Waals surface area contributed by atoms with Crippen LogP contribution in [0.1, 0.15) is 164 Å². The Hall–Kier alpha value is -3.82. The third-order valence-electron chi connectivity index (χ3n) is 8.35. The van der Waals surface area contributed by atoms with Gasteiger partial charge in [0.2, 0.25) is 7.37 Å². The minimum absolute atomic E-state index is 0.0535. The number of carboxylic acid groups (broad SMARTS) is 2. The van der Waals surface area contributed by atoms with Gasteiger partial charge in [-0.25, -0.2) is 18.1 Å². The van der Waals surface area contributed by atoms with Crippen LogP contribution in [0, 0.1) is 10.8 Å². The predicted octanol–water partition coefficient (Wildman–Crippen LogP) is 7.50. The number of hydrogen-bond donors (Lipinski definition) is 4. The maximum atomic E-state index is 10.9. The smallest absolute Gasteiger partial charge is 0.327 e. The molecule has 0 bridgehead atoms. The third-order valence-corrected chi connectivity index (χ3v) is 13.1. The molecule has 0 radical (unpaired) electrons. The first-order chi connectivity index (χ1) is 28.3. The van der Waals surface area contributed by atoms with Gasteiger partial charge < -0.3 is 20.1 Å². The number of carboxylic acids is 2. The van der Waals surface area contributed by atoms with Crippen LogP contribution in [-0.2, 0) is 52.7 Å². The molecule has 0 amide bonds. The Kier molecular flexibility index (Phi) is 27.6. The Morgan fingerprint density at radius 3 is 1.35 bits per heavy atom. The van der Waals surface area contributed by atoms with Crippen molar-refractivity contribution in [1.29, 1.82) is 0 Å². The van der Waals surface area contributed by atoms with Gasteiger partial charge in [0.25, 0.3) is 6.92 Å². The Bertz CT molecular complexity index is 1980. The van der Waals surface area contributed by atoms with Gasteiger partial charge in [-0.05, 0) is 69.4 Å². The molecule has 0 saturated carbocycles. The lowest BCUT2D eigenvalue weighted by Crippen LogP contribution is -2.26. The average molecular weight is 966 g/mol. The summed E-state index contributed by atoms with van der Waals surface area (Å²) in [7, 11) is -5.69. The highest BCUT2D eigenvalue weighted by atomic mass is 32.2. The Labute approximate surface area is 390 Å². The van der Waals surface area contributed by atoms with E-state index >= 15 is 0 Å². The molecule has 21 nitrogen and oxygen atoms in total. The molecule has 1 atom stereocenters. The van der Waals surface area contributed by atoms with Crippen LogP contribution in [-0.4, -0.2) is 129 Å². The van der Waals surface area contributed by atoms with Crippen molar-refractivity contribution < 1.29 is 47.5 Å². The molecule has 2 aromatic heterocycles. The van der Waals surface area contributed by atoms with E-state index in [0.717, 1.165) is 16.5 Å². The number of amidine groups is 1. The molecule has 1 aliphatic heterocycles. The first kappa shape index (κ1) is 67.8. The molecule has 0 aromatic carbocycles. The maximum Gasteiger partial charge on any atom is 0.327 e. The van der Waals surface area contributed by atoms with Crippen LogP contribution in [0.2, 0.25) is 12.1 Å². The number of ketones is 1. The predicted molar refractivity (Wildman–Crippen MR) is 259 cm³/mol. The van der Waals surface area contributed by atoms with Gasteiger partial charge >= 0.3 is 11.9 Å². The third kappa shape index (κ3) is 33.3. The van der Waals surface area contributed by atoms with E-state index in [1.807, 2.05) is 62.3 Å². The second-order valence-corrected chi connectivity index (χ2v) is 28.4. The molecule has 3 heterocycles. The van der Waals surface area contributed by atoms with Crippen molar-refractivity contribution in [3.05, 3.63) is 11.6 Å². The molecular weight excluding hydrogens is 880 g/mol. The van der Waals surface area contributed by atoms with E-state index in [1.165, 1.54) is 19.8 Å². The molecule has 2 aromatic rings. The number of carbonyl (C=O) groups is 3. The number of hydrogen-bond acceptors (Lipinski definition) is 16. The van der Waals surface area contributed by atoms with Crippen LogP contribution in [0.4, 0.5) is 0 Å². The Balaban J connectivity index is -0.000000340. The lowest BCUT2D eigenvalue weighted by Gasteiger charge is -2.21. The number of aliphatic carboxylic acids is 2. The number of Topliss-reactive ketones (excluding diaryl/α,β-unsaturated/α-hetero) is 1. The summed E-state index contributed by atoms with van der Waals surface area (Å²) in [5, 5.41) is 55.3. The van der Waals surface area contributed by atoms with Crippen molar-refractivity contribution >= 4 is 47.7 Å². The monoisotopic (exact) mass is 966 g/mol. The molecule has 65 heavy (non-hydrogen) atoms. The molecule has 1 aliphatic rings. The highest BCUT2D eigenvalue weighted by Crippen LogP contribution is 2.49. The molecule has 24 heteroatoms. The summed E-state index contributed by atoms with van der Waals surface area (Å²) in [4.78, 5) is 45.3. The minimum atomic E-state index is -2.85. The molecule has 4 N–H and O–H groups in total. The summed E-state index contributed by atoms with van der Waals surface area (Å²) < 4.78 is 33.1. The number of azo groups is 1. The van der Waals surface area contributed by atoms with E-state index in [-0.39, 0.29) is 47.3 Å². The SMILES string of the molecule is CB(O)C(C)(C)C.CC(=O)Cn1nnnc1C(C)(C)C.CC(C)(C)C(=O)O.CC(C)(C)C1=NCN=N1.CC(C)(C)P(C)(=O)O.CC(C)(C)S(C)(=O)=O.CC(C)(C)c1nnn(CC(=O)O)n1. The number of nitrogens with zero attached hydrogens (tertiary/aromatic N) is 11. The zero-order valence-corrected chi connectivity index (χ0v) is 45.9. The van der Waals surface area contributed by atoms with E-state index in [1.54, 1.807) is 73.8 Å². The van der Waals surface area contributed by atoms with Gasteiger partial charge in [0.1, 0.15) is 6.54 Å². The van der Waals surface area contributed by atoms with Crippen molar-refractivity contribution in [1.82, 2.24) is 40.4 Å². The lowest BCUT2D eigenvalue weighted by molar-refractivity contribution is -0.146. The van der Waals surface area contributed by atoms with Gasteiger partial charge in [0, 0.05) is 34.3 Å². The minimum Gasteiger partial charge on any atom is -0.481 e. The van der Waals surface area contributed by atoms with E-state index in [2.05, 4.69) is 66.9 Å². The van der Waals surface area contributed by atoms with Gasteiger partial charge in [0.15, 0.2) is 46.3 Å². The first-order valence-corrected chi connectivity index (χ1v) is 24.9. The van der Waals surface area contributed by atoms with Crippen LogP contribution in [0.3, 0.4) is 0 Å². The van der Waals surface area contributed by atoms with Crippen molar-refractivity contribution in [2.75, 3.05) is 19.6 Å². The molecule has 0 spiro atoms. The summed E-state index contributed by atoms with van der Waals surface area (Å²) in [6.07, 6.45) is 1.24. The second kappa shape index (κ2) is 26.5. The fourth-order valence-electron chi connectivity index (χ4n) is 2.41. The fourth-order valence-corrected chi connectivity index (χ4v) is 2.41. The fraction of sp³-hybridized carbons (Fsp3) is 0.854. The molecule has 0 aliphatic carbocycles. The zero-order chi connectivity index (χ0) is 53.2. The van der Waals surface area contributed by atoms with E-state index in [4.69, 9.17) is 20.1 Å². The van der Waals surface area contributed by atoms with Crippen molar-refractivity contribution in [3.8, 4) is 0 Å². The van der Waals surface area contributed by atoms with Crippen LogP contribution in [0.25, 0.3) is 0 Å². The number of aliphatic imine (C=N–C) groups is 1. The highest BCUT2D eigenvalue weighted by Gasteiger charge is 2.29. The van der Waals surface area contributed by atoms with Gasteiger partial charge in [-0.1, -0.05) is 111 Å². The van der Waals surface area contributed by atoms with Gasteiger partial charge in [-0.3, -0.25) is 18.9 Å². The molecule has 1 unspecified atom stereocenters. The summed E-state index contributed by atoms with van der Waals surface area (Å²) in [6, 6.07) is 0. The van der Waals surface area contributed by atoms with Crippen molar-refractivity contribution in [2.24, 2.45) is 26.1 Å². The second-order valence-electron chi connectivity index (χ2n) is 22.5.